The molecule has 6 heteroatoms. The fraction of sp³-hybridized carbons (Fsp3) is 0.667. The van der Waals surface area contributed by atoms with E-state index >= 15 is 0 Å². The van der Waals surface area contributed by atoms with Gasteiger partial charge in [-0.3, -0.25) is 10.1 Å². The van der Waals surface area contributed by atoms with Gasteiger partial charge in [0.25, 0.3) is 0 Å². The number of aromatic nitrogens is 2. The largest absolute Gasteiger partial charge is 0.376 e. The van der Waals surface area contributed by atoms with Crippen molar-refractivity contribution in [3.05, 3.63) is 17.5 Å². The predicted octanol–water partition coefficient (Wildman–Crippen LogP) is 0.562. The van der Waals surface area contributed by atoms with Crippen LogP contribution >= 0.6 is 0 Å². The van der Waals surface area contributed by atoms with Crippen LogP contribution in [-0.4, -0.2) is 42.5 Å². The number of ether oxygens (including phenoxy) is 1. The molecular formula is C12H21N5O. The maximum Gasteiger partial charge on any atom is 0.191 e. The summed E-state index contributed by atoms with van der Waals surface area (Å²) < 4.78 is 5.56. The molecule has 1 aromatic heterocycles. The number of hydrogen-bond acceptors (Lipinski definition) is 3. The SMILES string of the molecule is CN=C(NCc1cn[nH]c1C)NCC1CCCO1. The topological polar surface area (TPSA) is 74.3 Å². The molecule has 18 heavy (non-hydrogen) atoms. The minimum Gasteiger partial charge on any atom is -0.376 e. The van der Waals surface area contributed by atoms with E-state index in [1.54, 1.807) is 7.05 Å². The van der Waals surface area contributed by atoms with Crippen molar-refractivity contribution in [3.63, 3.8) is 0 Å². The van der Waals surface area contributed by atoms with Crippen molar-refractivity contribution in [1.82, 2.24) is 20.8 Å². The molecule has 1 aromatic rings. The van der Waals surface area contributed by atoms with Crippen molar-refractivity contribution in [2.75, 3.05) is 20.2 Å². The normalized spacial score (nSPS) is 20.1. The predicted molar refractivity (Wildman–Crippen MR) is 70.5 cm³/mol. The van der Waals surface area contributed by atoms with Gasteiger partial charge in [-0.2, -0.15) is 5.10 Å². The Balaban J connectivity index is 1.74. The summed E-state index contributed by atoms with van der Waals surface area (Å²) in [5.41, 5.74) is 2.23. The highest BCUT2D eigenvalue weighted by molar-refractivity contribution is 5.79. The third-order valence-electron chi connectivity index (χ3n) is 3.13. The van der Waals surface area contributed by atoms with Crippen molar-refractivity contribution in [2.24, 2.45) is 4.99 Å². The molecule has 1 atom stereocenters. The molecule has 0 spiro atoms. The maximum atomic E-state index is 5.56. The van der Waals surface area contributed by atoms with Crippen LogP contribution in [0, 0.1) is 6.92 Å². The van der Waals surface area contributed by atoms with Gasteiger partial charge in [0.1, 0.15) is 0 Å². The molecule has 1 saturated heterocycles. The Morgan fingerprint density at radius 2 is 2.50 bits per heavy atom. The van der Waals surface area contributed by atoms with Crippen molar-refractivity contribution >= 4 is 5.96 Å². The molecule has 3 N–H and O–H groups in total. The minimum atomic E-state index is 0.319. The number of aliphatic imine (C=N–C) groups is 1. The van der Waals surface area contributed by atoms with Gasteiger partial charge >= 0.3 is 0 Å². The van der Waals surface area contributed by atoms with E-state index in [9.17, 15) is 0 Å². The molecule has 1 unspecified atom stereocenters. The van der Waals surface area contributed by atoms with Crippen molar-refractivity contribution in [2.45, 2.75) is 32.4 Å². The molecule has 100 valence electrons. The highest BCUT2D eigenvalue weighted by Crippen LogP contribution is 2.10. The second-order valence-corrected chi connectivity index (χ2v) is 4.46. The van der Waals surface area contributed by atoms with Crippen molar-refractivity contribution in [1.29, 1.82) is 0 Å². The Morgan fingerprint density at radius 1 is 1.61 bits per heavy atom. The zero-order valence-electron chi connectivity index (χ0n) is 11.0. The second-order valence-electron chi connectivity index (χ2n) is 4.46. The van der Waals surface area contributed by atoms with Crippen LogP contribution in [0.15, 0.2) is 11.2 Å². The molecular weight excluding hydrogens is 230 g/mol. The number of guanidine groups is 1. The molecule has 0 bridgehead atoms. The number of H-pyrrole nitrogens is 1. The molecule has 6 nitrogen and oxygen atoms in total. The Morgan fingerprint density at radius 3 is 3.11 bits per heavy atom. The molecule has 0 saturated carbocycles. The smallest absolute Gasteiger partial charge is 0.191 e. The van der Waals surface area contributed by atoms with Crippen LogP contribution < -0.4 is 10.6 Å². The van der Waals surface area contributed by atoms with Crippen molar-refractivity contribution < 1.29 is 4.74 Å². The number of nitrogens with one attached hydrogen (secondary N) is 3. The first-order chi connectivity index (χ1) is 8.79. The molecule has 0 radical (unpaired) electrons. The lowest BCUT2D eigenvalue weighted by atomic mass is 10.2. The number of aryl methyl sites for hydroxylation is 1. The number of aromatic amines is 1. The number of nitrogens with zero attached hydrogens (tertiary/aromatic N) is 2. The van der Waals surface area contributed by atoms with E-state index in [1.165, 1.54) is 0 Å². The van der Waals surface area contributed by atoms with Crippen LogP contribution in [0.4, 0.5) is 0 Å². The van der Waals surface area contributed by atoms with Gasteiger partial charge in [-0.25, -0.2) is 0 Å². The first-order valence-corrected chi connectivity index (χ1v) is 6.34. The van der Waals surface area contributed by atoms with E-state index in [2.05, 4.69) is 25.8 Å². The average molecular weight is 251 g/mol. The van der Waals surface area contributed by atoms with Gasteiger partial charge in [0.05, 0.1) is 12.3 Å². The van der Waals surface area contributed by atoms with Gasteiger partial charge in [-0.1, -0.05) is 0 Å². The first kappa shape index (κ1) is 12.9. The van der Waals surface area contributed by atoms with Crippen LogP contribution in [0.2, 0.25) is 0 Å². The van der Waals surface area contributed by atoms with Crippen LogP contribution in [0.5, 0.6) is 0 Å². The molecule has 0 aliphatic carbocycles. The lowest BCUT2D eigenvalue weighted by Crippen LogP contribution is -2.40. The van der Waals surface area contributed by atoms with Crippen LogP contribution in [0.1, 0.15) is 24.1 Å². The van der Waals surface area contributed by atoms with Gasteiger partial charge in [0, 0.05) is 38.0 Å². The Kier molecular flexibility index (Phi) is 4.58. The van der Waals surface area contributed by atoms with E-state index < -0.39 is 0 Å². The van der Waals surface area contributed by atoms with E-state index in [0.29, 0.717) is 12.6 Å². The lowest BCUT2D eigenvalue weighted by molar-refractivity contribution is 0.114. The zero-order chi connectivity index (χ0) is 12.8. The summed E-state index contributed by atoms with van der Waals surface area (Å²) in [5, 5.41) is 13.4. The Labute approximate surface area is 107 Å². The summed E-state index contributed by atoms with van der Waals surface area (Å²) in [4.78, 5) is 4.19. The minimum absolute atomic E-state index is 0.319. The fourth-order valence-corrected chi connectivity index (χ4v) is 1.97. The third kappa shape index (κ3) is 3.46. The molecule has 1 aliphatic rings. The molecule has 2 heterocycles. The average Bonchev–Trinajstić information content (AvgIpc) is 3.01. The van der Waals surface area contributed by atoms with E-state index in [4.69, 9.17) is 4.74 Å². The van der Waals surface area contributed by atoms with Gasteiger partial charge in [0.2, 0.25) is 0 Å². The van der Waals surface area contributed by atoms with E-state index in [-0.39, 0.29) is 0 Å². The monoisotopic (exact) mass is 251 g/mol. The van der Waals surface area contributed by atoms with Crippen LogP contribution in [0.25, 0.3) is 0 Å². The fourth-order valence-electron chi connectivity index (χ4n) is 1.97. The Hall–Kier alpha value is -1.56. The van der Waals surface area contributed by atoms with E-state index in [0.717, 1.165) is 43.2 Å². The van der Waals surface area contributed by atoms with Gasteiger partial charge in [-0.05, 0) is 19.8 Å². The molecule has 2 rings (SSSR count). The molecule has 1 aliphatic heterocycles. The van der Waals surface area contributed by atoms with Gasteiger partial charge in [-0.15, -0.1) is 0 Å². The lowest BCUT2D eigenvalue weighted by Gasteiger charge is -2.14. The van der Waals surface area contributed by atoms with E-state index in [1.807, 2.05) is 13.1 Å². The second kappa shape index (κ2) is 6.39. The highest BCUT2D eigenvalue weighted by Gasteiger charge is 2.15. The molecule has 0 amide bonds. The first-order valence-electron chi connectivity index (χ1n) is 6.34. The third-order valence-corrected chi connectivity index (χ3v) is 3.13. The van der Waals surface area contributed by atoms with Gasteiger partial charge < -0.3 is 15.4 Å². The summed E-state index contributed by atoms with van der Waals surface area (Å²) in [7, 11) is 1.77. The Bertz CT molecular complexity index is 395. The maximum absolute atomic E-state index is 5.56. The molecule has 1 fully saturated rings. The quantitative estimate of drug-likeness (QED) is 0.540. The number of rotatable bonds is 4. The standard InChI is InChI=1S/C12H21N5O/c1-9-10(7-16-17-9)6-14-12(13-2)15-8-11-4-3-5-18-11/h7,11H,3-6,8H2,1-2H3,(H,16,17)(H2,13,14,15). The van der Waals surface area contributed by atoms with Crippen LogP contribution in [0.3, 0.4) is 0 Å². The summed E-state index contributed by atoms with van der Waals surface area (Å²) in [6, 6.07) is 0. The zero-order valence-corrected chi connectivity index (χ0v) is 11.0. The molecule has 0 aromatic carbocycles. The number of hydrogen-bond donors (Lipinski definition) is 3. The van der Waals surface area contributed by atoms with Crippen molar-refractivity contribution in [3.8, 4) is 0 Å². The summed E-state index contributed by atoms with van der Waals surface area (Å²) >= 11 is 0. The summed E-state index contributed by atoms with van der Waals surface area (Å²) in [6.45, 7) is 4.41. The highest BCUT2D eigenvalue weighted by atomic mass is 16.5. The van der Waals surface area contributed by atoms with Gasteiger partial charge in [0.15, 0.2) is 5.96 Å². The summed E-state index contributed by atoms with van der Waals surface area (Å²) in [5.74, 6) is 0.797. The summed E-state index contributed by atoms with van der Waals surface area (Å²) in [6.07, 6.45) is 4.44. The van der Waals surface area contributed by atoms with Crippen LogP contribution in [-0.2, 0) is 11.3 Å².